The van der Waals surface area contributed by atoms with Crippen LogP contribution >= 0.6 is 0 Å². The number of nitrogens with zero attached hydrogens (tertiary/aromatic N) is 2. The van der Waals surface area contributed by atoms with Crippen LogP contribution in [0.3, 0.4) is 0 Å². The fourth-order valence-electron chi connectivity index (χ4n) is 5.62. The van der Waals surface area contributed by atoms with E-state index in [1.54, 1.807) is 18.7 Å². The van der Waals surface area contributed by atoms with Crippen LogP contribution in [0.5, 0.6) is 0 Å². The fraction of sp³-hybridized carbons (Fsp3) is 0.387. The summed E-state index contributed by atoms with van der Waals surface area (Å²) in [6, 6.07) is 23.2. The topological polar surface area (TPSA) is 106 Å². The molecule has 2 amide bonds. The quantitative estimate of drug-likeness (QED) is 0.429. The van der Waals surface area contributed by atoms with Crippen molar-refractivity contribution >= 4 is 12.0 Å². The van der Waals surface area contributed by atoms with E-state index in [9.17, 15) is 14.7 Å². The van der Waals surface area contributed by atoms with Crippen molar-refractivity contribution in [1.29, 1.82) is 0 Å². The molecule has 0 bridgehead atoms. The molecule has 2 atom stereocenters. The molecular formula is C31H35N3O4. The Labute approximate surface area is 223 Å². The molecule has 2 aromatic carbocycles. The van der Waals surface area contributed by atoms with Gasteiger partial charge < -0.3 is 20.5 Å². The second-order valence-electron chi connectivity index (χ2n) is 11.3. The summed E-state index contributed by atoms with van der Waals surface area (Å²) >= 11 is 0. The molecule has 1 aliphatic carbocycles. The maximum atomic E-state index is 13.3. The first-order valence-electron chi connectivity index (χ1n) is 13.2. The molecule has 1 aliphatic heterocycles. The molecule has 0 radical (unpaired) electrons. The van der Waals surface area contributed by atoms with Gasteiger partial charge in [0.2, 0.25) is 5.91 Å². The van der Waals surface area contributed by atoms with E-state index in [0.717, 1.165) is 40.9 Å². The van der Waals surface area contributed by atoms with Crippen molar-refractivity contribution < 1.29 is 19.4 Å². The van der Waals surface area contributed by atoms with Gasteiger partial charge in [0.15, 0.2) is 0 Å². The Morgan fingerprint density at radius 1 is 1.05 bits per heavy atom. The lowest BCUT2D eigenvalue weighted by Crippen LogP contribution is -2.51. The average molecular weight is 514 g/mol. The fourth-order valence-corrected chi connectivity index (χ4v) is 5.62. The van der Waals surface area contributed by atoms with E-state index < -0.39 is 22.7 Å². The number of amides is 2. The maximum absolute atomic E-state index is 13.3. The van der Waals surface area contributed by atoms with Crippen molar-refractivity contribution in [2.45, 2.75) is 69.1 Å². The molecule has 7 heteroatoms. The van der Waals surface area contributed by atoms with Crippen LogP contribution in [0, 0.1) is 0 Å². The van der Waals surface area contributed by atoms with E-state index in [2.05, 4.69) is 0 Å². The average Bonchev–Trinajstić information content (AvgIpc) is 3.71. The summed E-state index contributed by atoms with van der Waals surface area (Å²) in [5, 5.41) is 10.6. The van der Waals surface area contributed by atoms with E-state index in [0.29, 0.717) is 19.4 Å². The van der Waals surface area contributed by atoms with Crippen LogP contribution in [0.25, 0.3) is 11.3 Å². The van der Waals surface area contributed by atoms with Crippen molar-refractivity contribution in [2.75, 3.05) is 6.54 Å². The summed E-state index contributed by atoms with van der Waals surface area (Å²) in [7, 11) is 0. The molecule has 198 valence electrons. The Morgan fingerprint density at radius 2 is 1.74 bits per heavy atom. The van der Waals surface area contributed by atoms with Crippen LogP contribution in [-0.2, 0) is 20.5 Å². The van der Waals surface area contributed by atoms with Gasteiger partial charge in [0.25, 0.3) is 0 Å². The molecule has 7 nitrogen and oxygen atoms in total. The van der Waals surface area contributed by atoms with Gasteiger partial charge in [0.1, 0.15) is 5.60 Å². The summed E-state index contributed by atoms with van der Waals surface area (Å²) < 4.78 is 6.13. The van der Waals surface area contributed by atoms with Gasteiger partial charge in [-0.05, 0) is 56.9 Å². The number of rotatable bonds is 8. The molecule has 3 N–H and O–H groups in total. The van der Waals surface area contributed by atoms with Gasteiger partial charge >= 0.3 is 6.09 Å². The Balaban J connectivity index is 1.33. The molecule has 1 aromatic heterocycles. The molecule has 2 heterocycles. The molecule has 5 rings (SSSR count). The predicted molar refractivity (Wildman–Crippen MR) is 145 cm³/mol. The third-order valence-electron chi connectivity index (χ3n) is 7.91. The molecule has 0 spiro atoms. The molecule has 3 aromatic rings. The minimum absolute atomic E-state index is 0.198. The highest BCUT2D eigenvalue weighted by atomic mass is 16.6. The zero-order valence-electron chi connectivity index (χ0n) is 22.2. The Kier molecular flexibility index (Phi) is 6.51. The van der Waals surface area contributed by atoms with Crippen molar-refractivity contribution in [3.8, 4) is 11.3 Å². The normalized spacial score (nSPS) is 21.5. The lowest BCUT2D eigenvalue weighted by atomic mass is 9.80. The third kappa shape index (κ3) is 4.90. The maximum Gasteiger partial charge on any atom is 0.411 e. The molecule has 2 aliphatic rings. The van der Waals surface area contributed by atoms with Crippen LogP contribution in [-0.4, -0.2) is 39.1 Å². The number of carbonyl (C=O) groups excluding carboxylic acids is 2. The third-order valence-corrected chi connectivity index (χ3v) is 7.91. The van der Waals surface area contributed by atoms with Gasteiger partial charge in [-0.25, -0.2) is 4.79 Å². The highest BCUT2D eigenvalue weighted by Crippen LogP contribution is 2.47. The van der Waals surface area contributed by atoms with Gasteiger partial charge in [-0.1, -0.05) is 60.7 Å². The lowest BCUT2D eigenvalue weighted by Gasteiger charge is -2.45. The molecule has 1 unspecified atom stereocenters. The smallest absolute Gasteiger partial charge is 0.411 e. The van der Waals surface area contributed by atoms with E-state index in [1.165, 1.54) is 0 Å². The van der Waals surface area contributed by atoms with Gasteiger partial charge in [0, 0.05) is 24.9 Å². The van der Waals surface area contributed by atoms with Gasteiger partial charge in [-0.2, -0.15) is 0 Å². The van der Waals surface area contributed by atoms with E-state index >= 15 is 0 Å². The number of aromatic nitrogens is 1. The van der Waals surface area contributed by atoms with E-state index in [-0.39, 0.29) is 11.9 Å². The molecule has 2 fully saturated rings. The molecular weight excluding hydrogens is 478 g/mol. The summed E-state index contributed by atoms with van der Waals surface area (Å²) in [4.78, 5) is 31.8. The highest BCUT2D eigenvalue weighted by molar-refractivity contribution is 5.89. The minimum atomic E-state index is -0.998. The lowest BCUT2D eigenvalue weighted by molar-refractivity contribution is -0.120. The van der Waals surface area contributed by atoms with Crippen molar-refractivity contribution in [3.63, 3.8) is 0 Å². The van der Waals surface area contributed by atoms with Gasteiger partial charge in [-0.15, -0.1) is 0 Å². The second kappa shape index (κ2) is 9.55. The first kappa shape index (κ1) is 25.9. The Bertz CT molecular complexity index is 1330. The van der Waals surface area contributed by atoms with Crippen molar-refractivity contribution in [3.05, 3.63) is 89.6 Å². The SMILES string of the molecule is C[C@@H](c1ccc(-c2cccc(C3(C(N)=O)CC3)n2)cc1)N1CCC(CC(C)(C)O)(c2ccccc2)OC1=O. The Hall–Kier alpha value is -3.71. The van der Waals surface area contributed by atoms with Gasteiger partial charge in [0.05, 0.1) is 28.4 Å². The highest BCUT2D eigenvalue weighted by Gasteiger charge is 2.51. The molecule has 1 saturated carbocycles. The number of aliphatic hydroxyl groups is 1. The summed E-state index contributed by atoms with van der Waals surface area (Å²) in [5.41, 5.74) is 7.44. The second-order valence-corrected chi connectivity index (χ2v) is 11.3. The van der Waals surface area contributed by atoms with Crippen molar-refractivity contribution in [2.24, 2.45) is 5.73 Å². The van der Waals surface area contributed by atoms with Crippen LogP contribution in [0.1, 0.15) is 69.3 Å². The van der Waals surface area contributed by atoms with Crippen LogP contribution in [0.4, 0.5) is 4.79 Å². The first-order valence-corrected chi connectivity index (χ1v) is 13.2. The monoisotopic (exact) mass is 513 g/mol. The van der Waals surface area contributed by atoms with Gasteiger partial charge in [-0.3, -0.25) is 9.78 Å². The van der Waals surface area contributed by atoms with E-state index in [4.69, 9.17) is 15.5 Å². The number of primary amides is 1. The summed E-state index contributed by atoms with van der Waals surface area (Å²) in [5.74, 6) is -0.321. The number of hydrogen-bond donors (Lipinski definition) is 2. The zero-order chi connectivity index (χ0) is 27.1. The van der Waals surface area contributed by atoms with Crippen molar-refractivity contribution in [1.82, 2.24) is 9.88 Å². The zero-order valence-corrected chi connectivity index (χ0v) is 22.2. The number of carbonyl (C=O) groups is 2. The molecule has 1 saturated heterocycles. The molecule has 38 heavy (non-hydrogen) atoms. The van der Waals surface area contributed by atoms with Crippen LogP contribution in [0.15, 0.2) is 72.8 Å². The predicted octanol–water partition coefficient (Wildman–Crippen LogP) is 5.23. The first-order chi connectivity index (χ1) is 18.0. The number of nitrogens with two attached hydrogens (primary N) is 1. The number of benzene rings is 2. The minimum Gasteiger partial charge on any atom is -0.438 e. The summed E-state index contributed by atoms with van der Waals surface area (Å²) in [6.45, 7) is 5.98. The number of cyclic esters (lactones) is 1. The van der Waals surface area contributed by atoms with Crippen LogP contribution < -0.4 is 5.73 Å². The van der Waals surface area contributed by atoms with E-state index in [1.807, 2.05) is 79.7 Å². The van der Waals surface area contributed by atoms with Crippen LogP contribution in [0.2, 0.25) is 0 Å². The number of hydrogen-bond acceptors (Lipinski definition) is 5. The Morgan fingerprint density at radius 3 is 2.32 bits per heavy atom. The number of ether oxygens (including phenoxy) is 1. The summed E-state index contributed by atoms with van der Waals surface area (Å²) in [6.07, 6.45) is 1.98. The standard InChI is InChI=1S/C31H35N3O4/c1-21(34-19-18-31(38-28(34)36,20-29(2,3)37)24-8-5-4-6-9-24)22-12-14-23(15-13-22)25-10-7-11-26(33-25)30(16-17-30)27(32)35/h4-15,21,37H,16-20H2,1-3H3,(H2,32,35)/t21-,31?/m0/s1. The number of pyridine rings is 1. The largest absolute Gasteiger partial charge is 0.438 e.